The second kappa shape index (κ2) is 9.13. The molecule has 1 atom stereocenters. The van der Waals surface area contributed by atoms with Crippen LogP contribution in [-0.4, -0.2) is 27.5 Å². The first-order valence-electron chi connectivity index (χ1n) is 7.23. The quantitative estimate of drug-likeness (QED) is 0.675. The summed E-state index contributed by atoms with van der Waals surface area (Å²) in [7, 11) is 0. The molecule has 2 N–H and O–H groups in total. The van der Waals surface area contributed by atoms with Gasteiger partial charge in [0.1, 0.15) is 4.47 Å². The Balaban J connectivity index is 2.59. The molecular formula is C14H24BrN3O2. The molecule has 5 nitrogen and oxygen atoms in total. The molecule has 1 unspecified atom stereocenters. The summed E-state index contributed by atoms with van der Waals surface area (Å²) in [4.78, 5) is 12.0. The first-order valence-corrected chi connectivity index (χ1v) is 8.02. The fourth-order valence-electron chi connectivity index (χ4n) is 2.03. The largest absolute Gasteiger partial charge is 0.394 e. The molecule has 0 amide bonds. The highest BCUT2D eigenvalue weighted by Gasteiger charge is 2.10. The van der Waals surface area contributed by atoms with Crippen LogP contribution in [0.3, 0.4) is 0 Å². The summed E-state index contributed by atoms with van der Waals surface area (Å²) in [5, 5.41) is 16.2. The van der Waals surface area contributed by atoms with Crippen molar-refractivity contribution in [2.24, 2.45) is 0 Å². The highest BCUT2D eigenvalue weighted by atomic mass is 79.9. The van der Waals surface area contributed by atoms with Gasteiger partial charge in [0.05, 0.1) is 25.0 Å². The van der Waals surface area contributed by atoms with Crippen molar-refractivity contribution in [1.82, 2.24) is 9.78 Å². The molecule has 0 aliphatic heterocycles. The summed E-state index contributed by atoms with van der Waals surface area (Å²) < 4.78 is 1.72. The van der Waals surface area contributed by atoms with Gasteiger partial charge in [0.15, 0.2) is 0 Å². The minimum absolute atomic E-state index is 0.0973. The van der Waals surface area contributed by atoms with Crippen LogP contribution in [0.5, 0.6) is 0 Å². The molecular weight excluding hydrogens is 322 g/mol. The second-order valence-corrected chi connectivity index (χ2v) is 5.81. The molecule has 0 aromatic carbocycles. The smallest absolute Gasteiger partial charge is 0.283 e. The van der Waals surface area contributed by atoms with Crippen LogP contribution in [-0.2, 0) is 6.54 Å². The molecule has 1 rings (SSSR count). The Bertz CT molecular complexity index is 462. The summed E-state index contributed by atoms with van der Waals surface area (Å²) in [6.07, 6.45) is 7.65. The van der Waals surface area contributed by atoms with Gasteiger partial charge in [-0.3, -0.25) is 4.79 Å². The topological polar surface area (TPSA) is 67.2 Å². The number of unbranched alkanes of at least 4 members (excludes halogenated alkanes) is 3. The monoisotopic (exact) mass is 345 g/mol. The maximum atomic E-state index is 12.0. The lowest BCUT2D eigenvalue weighted by Gasteiger charge is -2.16. The third-order valence-electron chi connectivity index (χ3n) is 3.19. The van der Waals surface area contributed by atoms with Gasteiger partial charge in [-0.2, -0.15) is 5.10 Å². The molecule has 0 aliphatic carbocycles. The summed E-state index contributed by atoms with van der Waals surface area (Å²) in [5.74, 6) is 0. The summed E-state index contributed by atoms with van der Waals surface area (Å²) >= 11 is 3.31. The average Bonchev–Trinajstić information content (AvgIpc) is 2.43. The molecule has 6 heteroatoms. The van der Waals surface area contributed by atoms with Crippen molar-refractivity contribution in [1.29, 1.82) is 0 Å². The van der Waals surface area contributed by atoms with Gasteiger partial charge in [0.2, 0.25) is 0 Å². The van der Waals surface area contributed by atoms with Crippen LogP contribution in [0.25, 0.3) is 0 Å². The molecule has 1 aromatic rings. The SMILES string of the molecule is CCCCCCC(C)Nc1cnn(CCO)c(=O)c1Br. The normalized spacial score (nSPS) is 12.4. The van der Waals surface area contributed by atoms with Gasteiger partial charge in [0, 0.05) is 6.04 Å². The second-order valence-electron chi connectivity index (χ2n) is 5.02. The first-order chi connectivity index (χ1) is 9.60. The van der Waals surface area contributed by atoms with E-state index in [0.29, 0.717) is 16.2 Å². The number of aromatic nitrogens is 2. The minimum Gasteiger partial charge on any atom is -0.394 e. The van der Waals surface area contributed by atoms with Gasteiger partial charge < -0.3 is 10.4 Å². The van der Waals surface area contributed by atoms with E-state index in [1.807, 2.05) is 0 Å². The number of hydrogen-bond donors (Lipinski definition) is 2. The summed E-state index contributed by atoms with van der Waals surface area (Å²) in [6.45, 7) is 4.42. The number of halogens is 1. The van der Waals surface area contributed by atoms with Crippen LogP contribution in [0.2, 0.25) is 0 Å². The van der Waals surface area contributed by atoms with Crippen molar-refractivity contribution in [3.63, 3.8) is 0 Å². The maximum absolute atomic E-state index is 12.0. The van der Waals surface area contributed by atoms with Crippen molar-refractivity contribution in [2.45, 2.75) is 58.5 Å². The van der Waals surface area contributed by atoms with Crippen molar-refractivity contribution >= 4 is 21.6 Å². The molecule has 0 spiro atoms. The number of nitrogens with one attached hydrogen (secondary N) is 1. The van der Waals surface area contributed by atoms with Gasteiger partial charge in [-0.05, 0) is 29.3 Å². The Hall–Kier alpha value is -0.880. The predicted octanol–water partition coefficient (Wildman–Crippen LogP) is 2.77. The Labute approximate surface area is 128 Å². The fraction of sp³-hybridized carbons (Fsp3) is 0.714. The molecule has 0 fully saturated rings. The van der Waals surface area contributed by atoms with Gasteiger partial charge in [0.25, 0.3) is 5.56 Å². The number of hydrogen-bond acceptors (Lipinski definition) is 4. The van der Waals surface area contributed by atoms with Crippen LogP contribution in [0, 0.1) is 0 Å². The summed E-state index contributed by atoms with van der Waals surface area (Å²) in [5.41, 5.74) is 0.495. The maximum Gasteiger partial charge on any atom is 0.283 e. The molecule has 0 aliphatic rings. The van der Waals surface area contributed by atoms with Crippen molar-refractivity contribution in [3.8, 4) is 0 Å². The zero-order valence-corrected chi connectivity index (χ0v) is 13.8. The third-order valence-corrected chi connectivity index (χ3v) is 3.96. The van der Waals surface area contributed by atoms with Crippen LogP contribution in [0.4, 0.5) is 5.69 Å². The van der Waals surface area contributed by atoms with Crippen molar-refractivity contribution < 1.29 is 5.11 Å². The number of aliphatic hydroxyl groups excluding tert-OH is 1. The molecule has 0 saturated heterocycles. The molecule has 1 aromatic heterocycles. The van der Waals surface area contributed by atoms with Gasteiger partial charge >= 0.3 is 0 Å². The lowest BCUT2D eigenvalue weighted by atomic mass is 10.1. The van der Waals surface area contributed by atoms with E-state index < -0.39 is 0 Å². The van der Waals surface area contributed by atoms with Gasteiger partial charge in [-0.25, -0.2) is 4.68 Å². The van der Waals surface area contributed by atoms with E-state index in [1.54, 1.807) is 6.20 Å². The van der Waals surface area contributed by atoms with E-state index in [-0.39, 0.29) is 18.7 Å². The van der Waals surface area contributed by atoms with E-state index in [0.717, 1.165) is 6.42 Å². The third kappa shape index (κ3) is 5.25. The number of nitrogens with zero attached hydrogens (tertiary/aromatic N) is 2. The Morgan fingerprint density at radius 2 is 2.20 bits per heavy atom. The Kier molecular flexibility index (Phi) is 7.84. The van der Waals surface area contributed by atoms with Crippen LogP contribution < -0.4 is 10.9 Å². The van der Waals surface area contributed by atoms with Gasteiger partial charge in [-0.1, -0.05) is 32.6 Å². The van der Waals surface area contributed by atoms with E-state index in [1.165, 1.54) is 30.4 Å². The highest BCUT2D eigenvalue weighted by molar-refractivity contribution is 9.10. The van der Waals surface area contributed by atoms with E-state index in [4.69, 9.17) is 5.11 Å². The van der Waals surface area contributed by atoms with Gasteiger partial charge in [-0.15, -0.1) is 0 Å². The molecule has 114 valence electrons. The van der Waals surface area contributed by atoms with E-state index in [9.17, 15) is 4.79 Å². The van der Waals surface area contributed by atoms with Crippen molar-refractivity contribution in [2.75, 3.05) is 11.9 Å². The van der Waals surface area contributed by atoms with E-state index >= 15 is 0 Å². The highest BCUT2D eigenvalue weighted by Crippen LogP contribution is 2.18. The van der Waals surface area contributed by atoms with Crippen molar-refractivity contribution in [3.05, 3.63) is 21.0 Å². The molecule has 0 saturated carbocycles. The predicted molar refractivity (Wildman–Crippen MR) is 85.1 cm³/mol. The van der Waals surface area contributed by atoms with E-state index in [2.05, 4.69) is 40.2 Å². The number of rotatable bonds is 9. The zero-order chi connectivity index (χ0) is 15.0. The molecule has 0 radical (unpaired) electrons. The fourth-order valence-corrected chi connectivity index (χ4v) is 2.46. The molecule has 1 heterocycles. The lowest BCUT2D eigenvalue weighted by molar-refractivity contribution is 0.266. The number of anilines is 1. The lowest BCUT2D eigenvalue weighted by Crippen LogP contribution is -2.27. The Morgan fingerprint density at radius 1 is 1.45 bits per heavy atom. The minimum atomic E-state index is -0.220. The van der Waals surface area contributed by atoms with Crippen LogP contribution in [0.1, 0.15) is 46.0 Å². The first kappa shape index (κ1) is 17.2. The Morgan fingerprint density at radius 3 is 2.85 bits per heavy atom. The van der Waals surface area contributed by atoms with Crippen LogP contribution in [0.15, 0.2) is 15.5 Å². The van der Waals surface area contributed by atoms with Crippen LogP contribution >= 0.6 is 15.9 Å². The molecule has 20 heavy (non-hydrogen) atoms. The summed E-state index contributed by atoms with van der Waals surface area (Å²) in [6, 6.07) is 0.304. The number of aliphatic hydroxyl groups is 1. The molecule has 0 bridgehead atoms. The average molecular weight is 346 g/mol. The zero-order valence-electron chi connectivity index (χ0n) is 12.2. The standard InChI is InChI=1S/C14H24BrN3O2/c1-3-4-5-6-7-11(2)17-12-10-16-18(8-9-19)14(20)13(12)15/h10-11,17,19H,3-9H2,1-2H3.